The van der Waals surface area contributed by atoms with Crippen LogP contribution in [0.15, 0.2) is 36.5 Å². The van der Waals surface area contributed by atoms with Gasteiger partial charge in [0.1, 0.15) is 13.2 Å². The van der Waals surface area contributed by atoms with Gasteiger partial charge in [0, 0.05) is 17.8 Å². The van der Waals surface area contributed by atoms with E-state index in [1.165, 1.54) is 0 Å². The number of nitrogens with zero attached hydrogens (tertiary/aromatic N) is 4. The second-order valence-corrected chi connectivity index (χ2v) is 4.64. The van der Waals surface area contributed by atoms with Gasteiger partial charge in [0.15, 0.2) is 23.0 Å². The van der Waals surface area contributed by atoms with Gasteiger partial charge in [0.25, 0.3) is 0 Å². The number of hydrogen-bond donors (Lipinski definition) is 0. The van der Waals surface area contributed by atoms with Crippen LogP contribution >= 0.6 is 0 Å². The van der Waals surface area contributed by atoms with Gasteiger partial charge in [-0.25, -0.2) is 0 Å². The Morgan fingerprint density at radius 1 is 1.05 bits per heavy atom. The second kappa shape index (κ2) is 4.49. The van der Waals surface area contributed by atoms with Crippen LogP contribution in [-0.2, 0) is 0 Å². The van der Waals surface area contributed by atoms with Crippen molar-refractivity contribution in [2.24, 2.45) is 0 Å². The molecule has 0 saturated heterocycles. The van der Waals surface area contributed by atoms with Crippen LogP contribution < -0.4 is 9.47 Å². The van der Waals surface area contributed by atoms with E-state index in [4.69, 9.17) is 14.7 Å². The molecule has 0 atom stereocenters. The standard InChI is InChI=1S/C15H10N4O2/c16-9-10-3-4-19-14(7-10)17-18-15(19)11-1-2-12-13(8-11)21-6-5-20-12/h1-4,7-8H,5-6H2. The molecule has 1 aliphatic heterocycles. The van der Waals surface area contributed by atoms with Gasteiger partial charge >= 0.3 is 0 Å². The van der Waals surface area contributed by atoms with Crippen molar-refractivity contribution in [2.45, 2.75) is 0 Å². The minimum Gasteiger partial charge on any atom is -0.486 e. The summed E-state index contributed by atoms with van der Waals surface area (Å²) in [4.78, 5) is 0. The van der Waals surface area contributed by atoms with Crippen molar-refractivity contribution < 1.29 is 9.47 Å². The normalized spacial score (nSPS) is 13.1. The predicted molar refractivity (Wildman–Crippen MR) is 74.1 cm³/mol. The fraction of sp³-hybridized carbons (Fsp3) is 0.133. The van der Waals surface area contributed by atoms with E-state index in [1.54, 1.807) is 18.3 Å². The highest BCUT2D eigenvalue weighted by Crippen LogP contribution is 2.34. The lowest BCUT2D eigenvalue weighted by molar-refractivity contribution is 0.171. The molecule has 0 amide bonds. The molecule has 102 valence electrons. The number of rotatable bonds is 1. The summed E-state index contributed by atoms with van der Waals surface area (Å²) >= 11 is 0. The summed E-state index contributed by atoms with van der Waals surface area (Å²) in [5.41, 5.74) is 2.08. The molecule has 0 bridgehead atoms. The Morgan fingerprint density at radius 3 is 2.76 bits per heavy atom. The van der Waals surface area contributed by atoms with Crippen molar-refractivity contribution >= 4 is 5.65 Å². The van der Waals surface area contributed by atoms with Crippen LogP contribution in [0.4, 0.5) is 0 Å². The molecule has 3 aromatic rings. The summed E-state index contributed by atoms with van der Waals surface area (Å²) in [6.07, 6.45) is 1.79. The zero-order valence-corrected chi connectivity index (χ0v) is 11.0. The lowest BCUT2D eigenvalue weighted by Gasteiger charge is -2.18. The fourth-order valence-electron chi connectivity index (χ4n) is 2.34. The molecule has 0 spiro atoms. The maximum Gasteiger partial charge on any atom is 0.168 e. The fourth-order valence-corrected chi connectivity index (χ4v) is 2.34. The van der Waals surface area contributed by atoms with Gasteiger partial charge in [-0.3, -0.25) is 4.40 Å². The van der Waals surface area contributed by atoms with Gasteiger partial charge in [-0.2, -0.15) is 5.26 Å². The van der Waals surface area contributed by atoms with Crippen molar-refractivity contribution in [3.05, 3.63) is 42.1 Å². The van der Waals surface area contributed by atoms with E-state index in [1.807, 2.05) is 22.6 Å². The van der Waals surface area contributed by atoms with Gasteiger partial charge in [-0.05, 0) is 24.3 Å². The SMILES string of the molecule is N#Cc1ccn2c(-c3ccc4c(c3)OCCO4)nnc2c1. The van der Waals surface area contributed by atoms with Crippen molar-refractivity contribution in [3.63, 3.8) is 0 Å². The van der Waals surface area contributed by atoms with Crippen LogP contribution in [0.2, 0.25) is 0 Å². The lowest BCUT2D eigenvalue weighted by Crippen LogP contribution is -2.15. The quantitative estimate of drug-likeness (QED) is 0.681. The van der Waals surface area contributed by atoms with Crippen LogP contribution in [0.3, 0.4) is 0 Å². The zero-order valence-electron chi connectivity index (χ0n) is 11.0. The maximum atomic E-state index is 8.92. The van der Waals surface area contributed by atoms with Crippen molar-refractivity contribution in [1.82, 2.24) is 14.6 Å². The maximum absolute atomic E-state index is 8.92. The van der Waals surface area contributed by atoms with Crippen LogP contribution in [0.5, 0.6) is 11.5 Å². The molecule has 1 aliphatic rings. The molecular formula is C15H10N4O2. The van der Waals surface area contributed by atoms with Gasteiger partial charge < -0.3 is 9.47 Å². The summed E-state index contributed by atoms with van der Waals surface area (Å²) in [6, 6.07) is 11.2. The molecule has 3 heterocycles. The minimum absolute atomic E-state index is 0.544. The van der Waals surface area contributed by atoms with Crippen molar-refractivity contribution in [2.75, 3.05) is 13.2 Å². The molecule has 6 heteroatoms. The number of hydrogen-bond acceptors (Lipinski definition) is 5. The molecule has 4 rings (SSSR count). The van der Waals surface area contributed by atoms with Gasteiger partial charge in [0.2, 0.25) is 0 Å². The van der Waals surface area contributed by atoms with Crippen LogP contribution in [-0.4, -0.2) is 27.8 Å². The number of aromatic nitrogens is 3. The predicted octanol–water partition coefficient (Wildman–Crippen LogP) is 2.04. The Labute approximate surface area is 120 Å². The molecule has 0 unspecified atom stereocenters. The van der Waals surface area contributed by atoms with Crippen LogP contribution in [0.25, 0.3) is 17.0 Å². The third kappa shape index (κ3) is 1.87. The first-order valence-electron chi connectivity index (χ1n) is 6.50. The number of pyridine rings is 1. The summed E-state index contributed by atoms with van der Waals surface area (Å²) in [7, 11) is 0. The minimum atomic E-state index is 0.544. The molecule has 0 N–H and O–H groups in total. The third-order valence-corrected chi connectivity index (χ3v) is 3.34. The molecular weight excluding hydrogens is 268 g/mol. The molecule has 21 heavy (non-hydrogen) atoms. The Balaban J connectivity index is 1.85. The van der Waals surface area contributed by atoms with E-state index in [0.29, 0.717) is 36.0 Å². The number of ether oxygens (including phenoxy) is 2. The Bertz CT molecular complexity index is 879. The summed E-state index contributed by atoms with van der Waals surface area (Å²) < 4.78 is 12.9. The Hall–Kier alpha value is -3.07. The molecule has 0 fully saturated rings. The van der Waals surface area contributed by atoms with Crippen molar-refractivity contribution in [1.29, 1.82) is 5.26 Å². The molecule has 6 nitrogen and oxygen atoms in total. The van der Waals surface area contributed by atoms with E-state index in [-0.39, 0.29) is 0 Å². The number of fused-ring (bicyclic) bond motifs is 2. The number of benzene rings is 1. The third-order valence-electron chi connectivity index (χ3n) is 3.34. The van der Waals surface area contributed by atoms with Crippen LogP contribution in [0.1, 0.15) is 5.56 Å². The first-order chi connectivity index (χ1) is 10.3. The first kappa shape index (κ1) is 11.7. The highest BCUT2D eigenvalue weighted by molar-refractivity contribution is 5.64. The van der Waals surface area contributed by atoms with Crippen LogP contribution in [0, 0.1) is 11.3 Å². The number of nitriles is 1. The van der Waals surface area contributed by atoms with E-state index >= 15 is 0 Å². The Kier molecular flexibility index (Phi) is 2.51. The van der Waals surface area contributed by atoms with Crippen molar-refractivity contribution in [3.8, 4) is 29.0 Å². The first-order valence-corrected chi connectivity index (χ1v) is 6.50. The average Bonchev–Trinajstić information content (AvgIpc) is 2.97. The summed E-state index contributed by atoms with van der Waals surface area (Å²) in [6.45, 7) is 1.11. The monoisotopic (exact) mass is 278 g/mol. The molecule has 0 aliphatic carbocycles. The summed E-state index contributed by atoms with van der Waals surface area (Å²) in [5.74, 6) is 2.15. The van der Waals surface area contributed by atoms with E-state index in [2.05, 4.69) is 16.3 Å². The van der Waals surface area contributed by atoms with Gasteiger partial charge in [-0.15, -0.1) is 10.2 Å². The van der Waals surface area contributed by atoms with E-state index in [0.717, 1.165) is 11.3 Å². The highest BCUT2D eigenvalue weighted by Gasteiger charge is 2.15. The Morgan fingerprint density at radius 2 is 1.90 bits per heavy atom. The van der Waals surface area contributed by atoms with E-state index in [9.17, 15) is 0 Å². The zero-order chi connectivity index (χ0) is 14.2. The van der Waals surface area contributed by atoms with Gasteiger partial charge in [0.05, 0.1) is 11.6 Å². The second-order valence-electron chi connectivity index (χ2n) is 4.64. The largest absolute Gasteiger partial charge is 0.486 e. The molecule has 2 aromatic heterocycles. The summed E-state index contributed by atoms with van der Waals surface area (Å²) in [5, 5.41) is 17.2. The van der Waals surface area contributed by atoms with E-state index < -0.39 is 0 Å². The molecule has 0 saturated carbocycles. The van der Waals surface area contributed by atoms with Gasteiger partial charge in [-0.1, -0.05) is 0 Å². The average molecular weight is 278 g/mol. The smallest absolute Gasteiger partial charge is 0.168 e. The highest BCUT2D eigenvalue weighted by atomic mass is 16.6. The molecule has 1 aromatic carbocycles. The lowest BCUT2D eigenvalue weighted by atomic mass is 10.2. The topological polar surface area (TPSA) is 72.4 Å². The molecule has 0 radical (unpaired) electrons.